The Hall–Kier alpha value is -12.0. The summed E-state index contributed by atoms with van der Waals surface area (Å²) in [5, 5.41) is 1.91. The van der Waals surface area contributed by atoms with E-state index in [0.717, 1.165) is 147 Å². The summed E-state index contributed by atoms with van der Waals surface area (Å²) in [6.45, 7) is 60.0. The van der Waals surface area contributed by atoms with Crippen LogP contribution in [0.25, 0.3) is 146 Å². The summed E-state index contributed by atoms with van der Waals surface area (Å²) in [7, 11) is 3.00. The zero-order valence-electron chi connectivity index (χ0n) is 87.2. The molecule has 7 fully saturated rings. The van der Waals surface area contributed by atoms with Gasteiger partial charge in [-0.25, -0.2) is 39.5 Å². The second-order valence-electron chi connectivity index (χ2n) is 52.9. The second-order valence-corrected chi connectivity index (χ2v) is 52.9. The maximum atomic E-state index is 16.3. The Morgan fingerprint density at radius 2 is 0.652 bits per heavy atom. The second kappa shape index (κ2) is 28.7. The summed E-state index contributed by atoms with van der Waals surface area (Å²) >= 11 is 0. The summed E-state index contributed by atoms with van der Waals surface area (Å²) in [6, 6.07) is 45.8. The van der Waals surface area contributed by atoms with E-state index < -0.39 is 45.8 Å². The molecule has 2 saturated heterocycles. The molecule has 13 aromatic rings. The molecular formula is C125H132N10O6. The highest BCUT2D eigenvalue weighted by atomic mass is 16.6. The first kappa shape index (κ1) is 90.3. The number of ether oxygens (including phenoxy) is 3. The summed E-state index contributed by atoms with van der Waals surface area (Å²) in [5.74, 6) is -3.14. The highest BCUT2D eigenvalue weighted by Crippen LogP contribution is 2.88. The first-order valence-corrected chi connectivity index (χ1v) is 51.7. The van der Waals surface area contributed by atoms with Crippen LogP contribution in [0.2, 0.25) is 0 Å². The SMILES string of the molecule is COC(=O)[C@@]12O[C@@](C(=O)OC)(C3C1[C@@H]1C[C@H]3C3C1[C@@H]1C=C[C@H]3c3nc4cc5nc6c7[nH]c(c(-c8cc(C(C)(C)C)cc(C(C)(C)C)c8)c8nc(c(-c9cc(C(C)(C)C)cc(C(C)(C)C)c9)c9ccc([nH]9)c(-c9cc(C(C)(C)C)cc(C(C)(C)C)c9)c9nc(c7-c7cc(C(C)(C)C)cc(C(C)(C)C)c7)C=C9)C=C8)c6nc5cc4nc31)C1C2[C@H]2C[C@@H]1C1C2[C@@]2(C)C(=O)[C@]1(C)c1c2c2cccnc2c2ncccc12. The predicted molar refractivity (Wildman–Crippen MR) is 567 cm³/mol. The van der Waals surface area contributed by atoms with E-state index in [2.05, 4.69) is 336 Å². The maximum absolute atomic E-state index is 16.3. The molecule has 13 aliphatic rings. The van der Waals surface area contributed by atoms with Gasteiger partial charge in [-0.15, -0.1) is 0 Å². The standard InChI is InChI=1S/C125H132N10O6/c1-114(2,3)63-43-59(44-64(51-63)115(4,5)6)89-79-35-36-80(128-79)90(60-45-65(116(7,8)9)52-66(46-60)117(10,11)12)82-38-40-84(130-82)92(62-49-69(120(19,20)21)54-70(50-62)121(22,23)24)108-110-109(107(135-108)91(83-39-37-81(89)129-83)61-47-67(118(13,14)15)53-68(48-61)119(16,17)18)133-87-57-85-86(58-88(87)134-110)132-106-72-34-33-71(105(106)131-85)93-75-55-76(94(72)93)100-99(75)124(112(137)139-27)101-77-56-78(102(101)125(100,141-124)113(138)140-28)98-97(77)122(25)95-73-31-29-41-126-103(73)104-74(32-30-42-127-104)96(95)123(98,26)111(122)136/h29-54,57-58,71-72,75-78,93-94,97-102,128,135H,55-56H2,1-28H3/t71-,72+,75+,76-,77-,78+,93?,94?,97?,98?,99?,100?,101?,102?,122-,123+,124+,125-. The molecule has 18 bridgehead atoms. The molecule has 4 aliphatic heterocycles. The average molecular weight is 1870 g/mol. The van der Waals surface area contributed by atoms with Crippen molar-refractivity contribution in [2.75, 3.05) is 14.2 Å². The number of benzene rings is 6. The van der Waals surface area contributed by atoms with Crippen LogP contribution in [0.15, 0.2) is 146 Å². The first-order chi connectivity index (χ1) is 66.3. The van der Waals surface area contributed by atoms with Gasteiger partial charge in [0.2, 0.25) is 0 Å². The molecule has 16 heteroatoms. The first-order valence-electron chi connectivity index (χ1n) is 51.7. The number of aromatic amines is 2. The molecule has 2 N–H and O–H groups in total. The molecule has 9 aliphatic carbocycles. The minimum atomic E-state index is -1.49. The molecule has 8 unspecified atom stereocenters. The smallest absolute Gasteiger partial charge is 0.338 e. The van der Waals surface area contributed by atoms with Gasteiger partial charge in [0.1, 0.15) is 11.0 Å². The Labute approximate surface area is 827 Å². The quantitative estimate of drug-likeness (QED) is 0.0521. The van der Waals surface area contributed by atoms with Gasteiger partial charge in [0, 0.05) is 92.0 Å². The Morgan fingerprint density at radius 1 is 0.355 bits per heavy atom. The maximum Gasteiger partial charge on any atom is 0.338 e. The zero-order valence-corrected chi connectivity index (χ0v) is 87.2. The number of hydrogen-bond acceptors (Lipinski definition) is 14. The van der Waals surface area contributed by atoms with Crippen LogP contribution in [-0.4, -0.2) is 93.0 Å². The fraction of sp³-hybridized carbons (Fsp3) is 0.448. The number of carbonyl (C=O) groups excluding carboxylic acids is 3. The lowest BCUT2D eigenvalue weighted by Gasteiger charge is -2.58. The van der Waals surface area contributed by atoms with E-state index in [1.54, 1.807) is 0 Å². The van der Waals surface area contributed by atoms with Gasteiger partial charge in [-0.3, -0.25) is 14.8 Å². The molecule has 718 valence electrons. The van der Waals surface area contributed by atoms with Crippen molar-refractivity contribution in [3.05, 3.63) is 236 Å². The fourth-order valence-corrected chi connectivity index (χ4v) is 30.5. The molecule has 141 heavy (non-hydrogen) atoms. The van der Waals surface area contributed by atoms with Crippen molar-refractivity contribution in [3.63, 3.8) is 0 Å². The van der Waals surface area contributed by atoms with E-state index in [4.69, 9.17) is 54.1 Å². The zero-order chi connectivity index (χ0) is 99.2. The van der Waals surface area contributed by atoms with Crippen molar-refractivity contribution in [1.82, 2.24) is 49.8 Å². The van der Waals surface area contributed by atoms with E-state index in [1.807, 2.05) is 24.5 Å². The molecule has 0 amide bonds. The Kier molecular flexibility index (Phi) is 18.4. The van der Waals surface area contributed by atoms with Gasteiger partial charge in [0.15, 0.2) is 17.0 Å². The monoisotopic (exact) mass is 1870 g/mol. The van der Waals surface area contributed by atoms with Gasteiger partial charge < -0.3 is 24.2 Å². The fourth-order valence-electron chi connectivity index (χ4n) is 30.5. The molecule has 6 aromatic carbocycles. The molecule has 16 nitrogen and oxygen atoms in total. The molecule has 7 aromatic heterocycles. The number of rotatable bonds is 6. The summed E-state index contributed by atoms with van der Waals surface area (Å²) in [4.78, 5) is 104. The third kappa shape index (κ3) is 12.2. The van der Waals surface area contributed by atoms with Crippen molar-refractivity contribution >= 4 is 119 Å². The molecule has 26 rings (SSSR count). The van der Waals surface area contributed by atoms with Crippen molar-refractivity contribution in [2.45, 2.75) is 270 Å². The summed E-state index contributed by atoms with van der Waals surface area (Å²) in [5.41, 5.74) is 26.8. The van der Waals surface area contributed by atoms with E-state index in [9.17, 15) is 0 Å². The van der Waals surface area contributed by atoms with E-state index in [-0.39, 0.29) is 120 Å². The molecule has 0 spiro atoms. The highest BCUT2D eigenvalue weighted by Gasteiger charge is 2.94. The molecule has 0 radical (unpaired) electrons. The highest BCUT2D eigenvalue weighted by molar-refractivity contribution is 6.20. The Bertz CT molecular complexity index is 7550. The lowest BCUT2D eigenvalue weighted by atomic mass is 9.42. The van der Waals surface area contributed by atoms with E-state index in [1.165, 1.54) is 58.7 Å². The van der Waals surface area contributed by atoms with Crippen molar-refractivity contribution in [3.8, 4) is 44.5 Å². The summed E-state index contributed by atoms with van der Waals surface area (Å²) < 4.78 is 20.4. The number of H-pyrrole nitrogens is 2. The number of aromatic nitrogens is 10. The lowest BCUT2D eigenvalue weighted by molar-refractivity contribution is -0.188. The third-order valence-electron chi connectivity index (χ3n) is 36.8. The number of methoxy groups -OCH3 is 2. The van der Waals surface area contributed by atoms with E-state index >= 15 is 14.4 Å². The number of fused-ring (bicyclic) bond motifs is 44. The van der Waals surface area contributed by atoms with Crippen molar-refractivity contribution in [2.24, 2.45) is 71.0 Å². The number of ketones is 1. The number of carbonyl (C=O) groups is 3. The van der Waals surface area contributed by atoms with Gasteiger partial charge in [0.25, 0.3) is 0 Å². The van der Waals surface area contributed by atoms with E-state index in [0.29, 0.717) is 33.1 Å². The number of pyridine rings is 2. The largest absolute Gasteiger partial charge is 0.467 e. The number of hydrogen-bond donors (Lipinski definition) is 2. The van der Waals surface area contributed by atoms with Crippen LogP contribution in [0.1, 0.15) is 294 Å². The Morgan fingerprint density at radius 3 is 0.972 bits per heavy atom. The van der Waals surface area contributed by atoms with Gasteiger partial charge in [-0.2, -0.15) is 0 Å². The van der Waals surface area contributed by atoms with Crippen LogP contribution in [0.5, 0.6) is 0 Å². The topological polar surface area (TPSA) is 214 Å². The minimum absolute atomic E-state index is 0.0348. The van der Waals surface area contributed by atoms with Gasteiger partial charge in [0.05, 0.1) is 103 Å². The normalized spacial score (nSPS) is 28.0. The van der Waals surface area contributed by atoms with Gasteiger partial charge >= 0.3 is 11.9 Å². The lowest BCUT2D eigenvalue weighted by Crippen LogP contribution is -2.65. The molecule has 18 atom stereocenters. The summed E-state index contributed by atoms with van der Waals surface area (Å²) in [6.07, 6.45) is 19.0. The van der Waals surface area contributed by atoms with Crippen LogP contribution < -0.4 is 0 Å². The van der Waals surface area contributed by atoms with Crippen molar-refractivity contribution in [1.29, 1.82) is 0 Å². The number of esters is 2. The molecular weight excluding hydrogens is 1740 g/mol. The van der Waals surface area contributed by atoms with Crippen LogP contribution in [-0.2, 0) is 82.7 Å². The van der Waals surface area contributed by atoms with Gasteiger partial charge in [-0.1, -0.05) is 263 Å². The minimum Gasteiger partial charge on any atom is -0.467 e. The number of nitrogens with zero attached hydrogens (tertiary/aromatic N) is 8. The third-order valence-corrected chi connectivity index (χ3v) is 36.8. The van der Waals surface area contributed by atoms with Gasteiger partial charge in [-0.05, 0) is 256 Å². The average Bonchev–Trinajstić information content (AvgIpc) is 1.42. The van der Waals surface area contributed by atoms with Crippen molar-refractivity contribution < 1.29 is 28.6 Å². The van der Waals surface area contributed by atoms with Crippen LogP contribution in [0, 0.1) is 71.0 Å². The number of nitrogens with one attached hydrogen (secondary N) is 2. The van der Waals surface area contributed by atoms with Crippen LogP contribution >= 0.6 is 0 Å². The Balaban J connectivity index is 0.739. The number of allylic oxidation sites excluding steroid dienone is 2. The predicted octanol–water partition coefficient (Wildman–Crippen LogP) is 27.5. The van der Waals surface area contributed by atoms with Crippen LogP contribution in [0.4, 0.5) is 0 Å². The number of Topliss-reactive ketones (excluding diaryl/α,β-unsaturated/α-hetero) is 1. The molecule has 11 heterocycles. The molecule has 5 saturated carbocycles. The van der Waals surface area contributed by atoms with Crippen LogP contribution in [0.3, 0.4) is 0 Å².